The standard InChI is InChI=1S/C48H31N3O2/c1-28-10-9-17-42-43(28)39-26-32(22-25-41(39)52-42)35-23-24-37(44-36-15-7-8-16-40(36)53-45(35)44)48-50-46(31-12-3-2-4-13-31)49-47(51-48)33-21-20-30-19-18-29-11-5-6-14-34(29)38(30)27-33/h2-9,11-28H,10H2,1H3. The molecule has 1 unspecified atom stereocenters. The SMILES string of the molecule is CC1CC=Cc2oc3ccc(-c4ccc(-c5nc(-c6ccccc6)nc(-c6ccc7ccc8ccccc8c7c6)n5)c5c4oc4ccccc45)cc3c21. The molecule has 0 spiro atoms. The molecule has 1 aliphatic carbocycles. The summed E-state index contributed by atoms with van der Waals surface area (Å²) < 4.78 is 13.0. The van der Waals surface area contributed by atoms with E-state index in [9.17, 15) is 0 Å². The maximum absolute atomic E-state index is 6.74. The van der Waals surface area contributed by atoms with Gasteiger partial charge in [0.05, 0.1) is 0 Å². The van der Waals surface area contributed by atoms with Crippen molar-refractivity contribution in [3.8, 4) is 45.3 Å². The van der Waals surface area contributed by atoms with E-state index in [0.29, 0.717) is 23.4 Å². The van der Waals surface area contributed by atoms with Crippen molar-refractivity contribution in [3.63, 3.8) is 0 Å². The summed E-state index contributed by atoms with van der Waals surface area (Å²) in [7, 11) is 0. The van der Waals surface area contributed by atoms with Crippen LogP contribution in [-0.4, -0.2) is 15.0 Å². The Kier molecular flexibility index (Phi) is 6.52. The van der Waals surface area contributed by atoms with Gasteiger partial charge in [0.1, 0.15) is 22.5 Å². The van der Waals surface area contributed by atoms with Crippen molar-refractivity contribution in [2.45, 2.75) is 19.3 Å². The summed E-state index contributed by atoms with van der Waals surface area (Å²) in [5, 5.41) is 7.88. The maximum Gasteiger partial charge on any atom is 0.164 e. The zero-order valence-electron chi connectivity index (χ0n) is 28.9. The summed E-state index contributed by atoms with van der Waals surface area (Å²) in [6, 6.07) is 48.4. The average Bonchev–Trinajstić information content (AvgIpc) is 3.80. The Morgan fingerprint density at radius 2 is 1.17 bits per heavy atom. The Balaban J connectivity index is 1.15. The highest BCUT2D eigenvalue weighted by atomic mass is 16.3. The van der Waals surface area contributed by atoms with Gasteiger partial charge in [0.15, 0.2) is 17.5 Å². The number of hydrogen-bond acceptors (Lipinski definition) is 5. The van der Waals surface area contributed by atoms with Crippen molar-refractivity contribution in [2.75, 3.05) is 0 Å². The van der Waals surface area contributed by atoms with E-state index in [0.717, 1.165) is 78.3 Å². The van der Waals surface area contributed by atoms with Crippen molar-refractivity contribution in [1.29, 1.82) is 0 Å². The molecule has 53 heavy (non-hydrogen) atoms. The number of hydrogen-bond donors (Lipinski definition) is 0. The van der Waals surface area contributed by atoms with Crippen LogP contribution < -0.4 is 0 Å². The minimum absolute atomic E-state index is 0.387. The summed E-state index contributed by atoms with van der Waals surface area (Å²) in [5.74, 6) is 3.17. The van der Waals surface area contributed by atoms with Crippen LogP contribution in [0, 0.1) is 0 Å². The Morgan fingerprint density at radius 3 is 2.06 bits per heavy atom. The predicted octanol–water partition coefficient (Wildman–Crippen LogP) is 13.0. The first-order valence-electron chi connectivity index (χ1n) is 18.1. The van der Waals surface area contributed by atoms with Crippen LogP contribution in [0.5, 0.6) is 0 Å². The normalized spacial score (nSPS) is 14.2. The van der Waals surface area contributed by atoms with Crippen LogP contribution in [0.25, 0.3) is 106 Å². The largest absolute Gasteiger partial charge is 0.456 e. The lowest BCUT2D eigenvalue weighted by molar-refractivity contribution is 0.586. The number of rotatable bonds is 4. The summed E-state index contributed by atoms with van der Waals surface area (Å²) >= 11 is 0. The molecular weight excluding hydrogens is 651 g/mol. The van der Waals surface area contributed by atoms with Gasteiger partial charge in [-0.2, -0.15) is 0 Å². The van der Waals surface area contributed by atoms with Crippen LogP contribution in [0.1, 0.15) is 30.6 Å². The Labute approximate surface area is 304 Å². The Hall–Kier alpha value is -6.85. The molecule has 5 nitrogen and oxygen atoms in total. The number of furan rings is 2. The Morgan fingerprint density at radius 1 is 0.509 bits per heavy atom. The van der Waals surface area contributed by atoms with Gasteiger partial charge in [0.25, 0.3) is 0 Å². The maximum atomic E-state index is 6.74. The third kappa shape index (κ3) is 4.74. The van der Waals surface area contributed by atoms with Crippen molar-refractivity contribution in [1.82, 2.24) is 15.0 Å². The Bertz CT molecular complexity index is 3120. The number of nitrogens with zero attached hydrogens (tertiary/aromatic N) is 3. The minimum Gasteiger partial charge on any atom is -0.456 e. The smallest absolute Gasteiger partial charge is 0.164 e. The lowest BCUT2D eigenvalue weighted by Crippen LogP contribution is -2.00. The molecule has 1 atom stereocenters. The molecule has 10 aromatic rings. The molecule has 0 aliphatic heterocycles. The first kappa shape index (κ1) is 29.8. The van der Waals surface area contributed by atoms with Crippen LogP contribution in [0.3, 0.4) is 0 Å². The second-order valence-corrected chi connectivity index (χ2v) is 14.0. The van der Waals surface area contributed by atoms with Gasteiger partial charge in [-0.25, -0.2) is 15.0 Å². The predicted molar refractivity (Wildman–Crippen MR) is 216 cm³/mol. The summed E-state index contributed by atoms with van der Waals surface area (Å²) in [6.07, 6.45) is 5.31. The molecule has 250 valence electrons. The van der Waals surface area contributed by atoms with Gasteiger partial charge in [-0.3, -0.25) is 0 Å². The minimum atomic E-state index is 0.387. The van der Waals surface area contributed by atoms with Gasteiger partial charge in [0.2, 0.25) is 0 Å². The molecule has 0 N–H and O–H groups in total. The second-order valence-electron chi connectivity index (χ2n) is 14.0. The van der Waals surface area contributed by atoms with E-state index in [4.69, 9.17) is 23.8 Å². The van der Waals surface area contributed by atoms with E-state index in [2.05, 4.69) is 116 Å². The molecule has 3 aromatic heterocycles. The third-order valence-electron chi connectivity index (χ3n) is 10.8. The number of aromatic nitrogens is 3. The molecule has 7 aromatic carbocycles. The fraction of sp³-hybridized carbons (Fsp3) is 0.0625. The highest BCUT2D eigenvalue weighted by molar-refractivity contribution is 6.16. The highest BCUT2D eigenvalue weighted by Crippen LogP contribution is 2.44. The van der Waals surface area contributed by atoms with E-state index in [1.54, 1.807) is 0 Å². The van der Waals surface area contributed by atoms with Gasteiger partial charge in [0, 0.05) is 44.0 Å². The first-order valence-corrected chi connectivity index (χ1v) is 18.1. The van der Waals surface area contributed by atoms with Crippen LogP contribution >= 0.6 is 0 Å². The molecular formula is C48H31N3O2. The average molecular weight is 682 g/mol. The van der Waals surface area contributed by atoms with Gasteiger partial charge >= 0.3 is 0 Å². The molecule has 0 saturated carbocycles. The van der Waals surface area contributed by atoms with E-state index in [1.165, 1.54) is 21.7 Å². The zero-order valence-corrected chi connectivity index (χ0v) is 28.9. The molecule has 0 radical (unpaired) electrons. The molecule has 0 amide bonds. The van der Waals surface area contributed by atoms with E-state index in [1.807, 2.05) is 42.5 Å². The van der Waals surface area contributed by atoms with Crippen molar-refractivity contribution < 1.29 is 8.83 Å². The molecule has 0 saturated heterocycles. The zero-order chi connectivity index (χ0) is 35.0. The number of fused-ring (bicyclic) bond motifs is 9. The first-order chi connectivity index (χ1) is 26.2. The fourth-order valence-electron chi connectivity index (χ4n) is 8.16. The van der Waals surface area contributed by atoms with Crippen molar-refractivity contribution >= 4 is 60.5 Å². The monoisotopic (exact) mass is 681 g/mol. The fourth-order valence-corrected chi connectivity index (χ4v) is 8.16. The molecule has 0 fully saturated rings. The highest BCUT2D eigenvalue weighted by Gasteiger charge is 2.24. The van der Waals surface area contributed by atoms with Gasteiger partial charge < -0.3 is 8.83 Å². The van der Waals surface area contributed by atoms with E-state index < -0.39 is 0 Å². The summed E-state index contributed by atoms with van der Waals surface area (Å²) in [5.41, 5.74) is 8.62. The van der Waals surface area contributed by atoms with Crippen LogP contribution in [0.15, 0.2) is 154 Å². The van der Waals surface area contributed by atoms with Crippen molar-refractivity contribution in [2.24, 2.45) is 0 Å². The number of benzene rings is 7. The lowest BCUT2D eigenvalue weighted by Gasteiger charge is -2.13. The van der Waals surface area contributed by atoms with Gasteiger partial charge in [-0.1, -0.05) is 116 Å². The van der Waals surface area contributed by atoms with Crippen molar-refractivity contribution in [3.05, 3.63) is 157 Å². The number of allylic oxidation sites excluding steroid dienone is 1. The molecule has 5 heteroatoms. The lowest BCUT2D eigenvalue weighted by atomic mass is 9.89. The third-order valence-corrected chi connectivity index (χ3v) is 10.8. The quantitative estimate of drug-likeness (QED) is 0.173. The molecule has 1 aliphatic rings. The topological polar surface area (TPSA) is 65.0 Å². The van der Waals surface area contributed by atoms with Gasteiger partial charge in [-0.05, 0) is 81.9 Å². The summed E-state index contributed by atoms with van der Waals surface area (Å²) in [4.78, 5) is 15.5. The van der Waals surface area contributed by atoms with Crippen LogP contribution in [0.4, 0.5) is 0 Å². The van der Waals surface area contributed by atoms with Crippen LogP contribution in [-0.2, 0) is 0 Å². The molecule has 3 heterocycles. The van der Waals surface area contributed by atoms with E-state index >= 15 is 0 Å². The van der Waals surface area contributed by atoms with E-state index in [-0.39, 0.29) is 0 Å². The number of para-hydroxylation sites is 1. The van der Waals surface area contributed by atoms with Crippen LogP contribution in [0.2, 0.25) is 0 Å². The van der Waals surface area contributed by atoms with Gasteiger partial charge in [-0.15, -0.1) is 0 Å². The second kappa shape index (κ2) is 11.6. The molecule has 0 bridgehead atoms. The summed E-state index contributed by atoms with van der Waals surface area (Å²) in [6.45, 7) is 2.27. The molecule has 11 rings (SSSR count).